The van der Waals surface area contributed by atoms with Crippen LogP contribution in [0.15, 0.2) is 11.6 Å². The Hall–Kier alpha value is -0.0600. The fourth-order valence-electron chi connectivity index (χ4n) is 1.83. The van der Waals surface area contributed by atoms with E-state index in [9.17, 15) is 4.79 Å². The van der Waals surface area contributed by atoms with Gasteiger partial charge in [0.25, 0.3) is 0 Å². The fraction of sp³-hybridized carbons (Fsp3) is 0.727. The Morgan fingerprint density at radius 3 is 3.00 bits per heavy atom. The molecule has 1 amide bonds. The molecule has 0 radical (unpaired) electrons. The van der Waals surface area contributed by atoms with Crippen LogP contribution in [0.4, 0.5) is 0 Å². The van der Waals surface area contributed by atoms with E-state index in [1.807, 2.05) is 22.9 Å². The van der Waals surface area contributed by atoms with Crippen LogP contribution >= 0.6 is 22.9 Å². The normalized spacial score (nSPS) is 21.6. The number of hydrogen-bond acceptors (Lipinski definition) is 1. The van der Waals surface area contributed by atoms with E-state index in [1.165, 1.54) is 19.3 Å². The van der Waals surface area contributed by atoms with E-state index in [1.54, 1.807) is 5.57 Å². The third kappa shape index (κ3) is 3.59. The Bertz CT molecular complexity index is 225. The number of amides is 1. The van der Waals surface area contributed by atoms with Gasteiger partial charge in [0.15, 0.2) is 0 Å². The Morgan fingerprint density at radius 2 is 2.50 bits per heavy atom. The van der Waals surface area contributed by atoms with Gasteiger partial charge in [-0.3, -0.25) is 8.32 Å². The summed E-state index contributed by atoms with van der Waals surface area (Å²) in [6.45, 7) is 2.22. The molecule has 0 saturated heterocycles. The molecule has 2 nitrogen and oxygen atoms in total. The predicted molar refractivity (Wildman–Crippen MR) is 67.1 cm³/mol. The molecule has 1 N–H and O–H groups in total. The summed E-state index contributed by atoms with van der Waals surface area (Å²) in [4.78, 5) is 11.3. The van der Waals surface area contributed by atoms with Crippen LogP contribution in [0.5, 0.6) is 0 Å². The van der Waals surface area contributed by atoms with Crippen LogP contribution in [0.1, 0.15) is 45.4 Å². The number of unbranched alkanes of at least 4 members (excludes halogenated alkanes) is 1. The molecule has 0 aromatic rings. The first kappa shape index (κ1) is 12.0. The van der Waals surface area contributed by atoms with Crippen LogP contribution in [0.2, 0.25) is 0 Å². The monoisotopic (exact) mass is 307 g/mol. The molecular weight excluding hydrogens is 289 g/mol. The Labute approximate surface area is 100 Å². The van der Waals surface area contributed by atoms with Gasteiger partial charge in [-0.05, 0) is 32.1 Å². The molecule has 1 rings (SSSR count). The second-order valence-electron chi connectivity index (χ2n) is 3.90. The third-order valence-corrected chi connectivity index (χ3v) is 3.35. The summed E-state index contributed by atoms with van der Waals surface area (Å²) in [5.74, 6) is 0.411. The van der Waals surface area contributed by atoms with Gasteiger partial charge in [0.1, 0.15) is 0 Å². The van der Waals surface area contributed by atoms with Gasteiger partial charge in [-0.15, -0.1) is 0 Å². The average Bonchev–Trinajstić information content (AvgIpc) is 2.26. The van der Waals surface area contributed by atoms with Crippen molar-refractivity contribution in [1.29, 1.82) is 0 Å². The molecule has 1 aliphatic rings. The van der Waals surface area contributed by atoms with E-state index in [0.29, 0.717) is 0 Å². The van der Waals surface area contributed by atoms with Crippen LogP contribution in [0.25, 0.3) is 0 Å². The first-order chi connectivity index (χ1) is 6.77. The zero-order valence-electron chi connectivity index (χ0n) is 8.68. The molecule has 0 spiro atoms. The van der Waals surface area contributed by atoms with Crippen molar-refractivity contribution in [1.82, 2.24) is 3.53 Å². The summed E-state index contributed by atoms with van der Waals surface area (Å²) in [5, 5.41) is 0. The number of halogens is 1. The molecule has 0 bridgehead atoms. The average molecular weight is 307 g/mol. The van der Waals surface area contributed by atoms with E-state index in [0.717, 1.165) is 19.3 Å². The molecule has 0 fully saturated rings. The lowest BCUT2D eigenvalue weighted by atomic mass is 9.87. The Kier molecular flexibility index (Phi) is 5.52. The summed E-state index contributed by atoms with van der Waals surface area (Å²) in [5.41, 5.74) is 1.56. The van der Waals surface area contributed by atoms with Crippen molar-refractivity contribution in [2.24, 2.45) is 5.92 Å². The van der Waals surface area contributed by atoms with E-state index < -0.39 is 0 Å². The Morgan fingerprint density at radius 1 is 1.71 bits per heavy atom. The molecule has 0 heterocycles. The summed E-state index contributed by atoms with van der Waals surface area (Å²) in [7, 11) is 0. The Balaban J connectivity index is 2.35. The van der Waals surface area contributed by atoms with Crippen molar-refractivity contribution in [2.75, 3.05) is 0 Å². The highest BCUT2D eigenvalue weighted by Crippen LogP contribution is 2.26. The molecule has 1 atom stereocenters. The summed E-state index contributed by atoms with van der Waals surface area (Å²) in [6, 6.07) is 0. The minimum absolute atomic E-state index is 0.191. The van der Waals surface area contributed by atoms with Gasteiger partial charge in [-0.25, -0.2) is 0 Å². The lowest BCUT2D eigenvalue weighted by Gasteiger charge is -2.19. The van der Waals surface area contributed by atoms with Crippen molar-refractivity contribution in [3.05, 3.63) is 11.6 Å². The predicted octanol–water partition coefficient (Wildman–Crippen LogP) is 3.37. The summed E-state index contributed by atoms with van der Waals surface area (Å²) >= 11 is 1.92. The van der Waals surface area contributed by atoms with Gasteiger partial charge in [0.05, 0.1) is 22.9 Å². The van der Waals surface area contributed by atoms with E-state index in [-0.39, 0.29) is 11.8 Å². The summed E-state index contributed by atoms with van der Waals surface area (Å²) < 4.78 is 2.69. The number of rotatable bonds is 4. The maximum absolute atomic E-state index is 11.3. The van der Waals surface area contributed by atoms with E-state index in [2.05, 4.69) is 16.5 Å². The second-order valence-corrected chi connectivity index (χ2v) is 4.44. The maximum Gasteiger partial charge on any atom is 0.232 e. The zero-order valence-corrected chi connectivity index (χ0v) is 10.8. The molecule has 1 aliphatic carbocycles. The lowest BCUT2D eigenvalue weighted by molar-refractivity contribution is -0.122. The highest BCUT2D eigenvalue weighted by atomic mass is 127. The van der Waals surface area contributed by atoms with Gasteiger partial charge in [0.2, 0.25) is 5.91 Å². The highest BCUT2D eigenvalue weighted by molar-refractivity contribution is 14.1. The summed E-state index contributed by atoms with van der Waals surface area (Å²) in [6.07, 6.45) is 9.14. The standard InChI is InChI=1S/C11H18INO/c1-2-3-4-9-5-7-10(8-6-9)11(14)13-12/h5,10H,2-4,6-8H2,1H3,(H,13,14)/t10-/m1/s1. The lowest BCUT2D eigenvalue weighted by Crippen LogP contribution is -2.24. The van der Waals surface area contributed by atoms with Crippen LogP contribution < -0.4 is 3.53 Å². The molecule has 80 valence electrons. The molecule has 0 unspecified atom stereocenters. The number of carbonyl (C=O) groups excluding carboxylic acids is 1. The highest BCUT2D eigenvalue weighted by Gasteiger charge is 2.20. The van der Waals surface area contributed by atoms with Crippen LogP contribution in [0, 0.1) is 5.92 Å². The second kappa shape index (κ2) is 6.43. The molecule has 3 heteroatoms. The quantitative estimate of drug-likeness (QED) is 0.481. The number of nitrogens with one attached hydrogen (secondary N) is 1. The molecule has 0 aliphatic heterocycles. The van der Waals surface area contributed by atoms with Gasteiger partial charge in [0, 0.05) is 5.92 Å². The minimum atomic E-state index is 0.191. The zero-order chi connectivity index (χ0) is 10.4. The first-order valence-electron chi connectivity index (χ1n) is 5.36. The van der Waals surface area contributed by atoms with E-state index in [4.69, 9.17) is 0 Å². The third-order valence-electron chi connectivity index (χ3n) is 2.82. The smallest absolute Gasteiger partial charge is 0.232 e. The van der Waals surface area contributed by atoms with Gasteiger partial charge in [-0.2, -0.15) is 0 Å². The van der Waals surface area contributed by atoms with Crippen molar-refractivity contribution >= 4 is 28.8 Å². The molecule has 0 aromatic carbocycles. The molecular formula is C11H18INO. The molecule has 0 saturated carbocycles. The molecule has 0 aromatic heterocycles. The van der Waals surface area contributed by atoms with Gasteiger partial charge in [-0.1, -0.05) is 25.0 Å². The maximum atomic E-state index is 11.3. The largest absolute Gasteiger partial charge is 0.299 e. The van der Waals surface area contributed by atoms with Crippen molar-refractivity contribution in [3.63, 3.8) is 0 Å². The van der Waals surface area contributed by atoms with Gasteiger partial charge < -0.3 is 0 Å². The van der Waals surface area contributed by atoms with Crippen molar-refractivity contribution in [2.45, 2.75) is 45.4 Å². The SMILES string of the molecule is CCCCC1=CC[C@@H](C(=O)NI)CC1. The number of hydrogen-bond donors (Lipinski definition) is 1. The van der Waals surface area contributed by atoms with Crippen molar-refractivity contribution < 1.29 is 4.79 Å². The van der Waals surface area contributed by atoms with Crippen LogP contribution in [0.3, 0.4) is 0 Å². The fourth-order valence-corrected chi connectivity index (χ4v) is 2.28. The number of allylic oxidation sites excluding steroid dienone is 2. The first-order valence-corrected chi connectivity index (χ1v) is 6.44. The minimum Gasteiger partial charge on any atom is -0.299 e. The van der Waals surface area contributed by atoms with Crippen LogP contribution in [-0.2, 0) is 4.79 Å². The van der Waals surface area contributed by atoms with Crippen LogP contribution in [-0.4, -0.2) is 5.91 Å². The van der Waals surface area contributed by atoms with E-state index >= 15 is 0 Å². The number of carbonyl (C=O) groups is 1. The van der Waals surface area contributed by atoms with Crippen molar-refractivity contribution in [3.8, 4) is 0 Å². The van der Waals surface area contributed by atoms with Gasteiger partial charge >= 0.3 is 0 Å². The topological polar surface area (TPSA) is 29.1 Å². The molecule has 14 heavy (non-hydrogen) atoms.